The van der Waals surface area contributed by atoms with Gasteiger partial charge in [0.05, 0.1) is 12.3 Å². The van der Waals surface area contributed by atoms with Crippen molar-refractivity contribution in [2.45, 2.75) is 13.8 Å². The van der Waals surface area contributed by atoms with Gasteiger partial charge in [0.25, 0.3) is 11.8 Å². The first-order valence-corrected chi connectivity index (χ1v) is 9.53. The maximum atomic E-state index is 13.0. The van der Waals surface area contributed by atoms with Gasteiger partial charge in [-0.15, -0.1) is 0 Å². The molecule has 2 aromatic carbocycles. The summed E-state index contributed by atoms with van der Waals surface area (Å²) in [6.45, 7) is 4.70. The van der Waals surface area contributed by atoms with Crippen LogP contribution >= 0.6 is 23.8 Å². The van der Waals surface area contributed by atoms with Crippen molar-refractivity contribution in [3.05, 3.63) is 64.7 Å². The third-order valence-corrected chi connectivity index (χ3v) is 4.48. The second-order valence-electron chi connectivity index (χ2n) is 6.71. The molecule has 1 aliphatic heterocycles. The maximum absolute atomic E-state index is 13.0. The Morgan fingerprint density at radius 3 is 2.57 bits per heavy atom. The third kappa shape index (κ3) is 4.58. The summed E-state index contributed by atoms with van der Waals surface area (Å²) in [5.41, 5.74) is 1.20. The number of nitrogens with zero attached hydrogens (tertiary/aromatic N) is 1. The number of thiocarbonyl (C=S) groups is 1. The van der Waals surface area contributed by atoms with Crippen molar-refractivity contribution >= 4 is 52.5 Å². The number of hydrogen-bond acceptors (Lipinski definition) is 4. The largest absolute Gasteiger partial charge is 0.493 e. The van der Waals surface area contributed by atoms with E-state index in [4.69, 9.17) is 28.6 Å². The zero-order valence-corrected chi connectivity index (χ0v) is 17.0. The zero-order valence-electron chi connectivity index (χ0n) is 15.4. The van der Waals surface area contributed by atoms with Crippen LogP contribution in [0.4, 0.5) is 5.69 Å². The van der Waals surface area contributed by atoms with Crippen LogP contribution in [0.15, 0.2) is 54.1 Å². The zero-order chi connectivity index (χ0) is 20.3. The summed E-state index contributed by atoms with van der Waals surface area (Å²) >= 11 is 11.1. The number of rotatable bonds is 5. The molecule has 0 aromatic heterocycles. The van der Waals surface area contributed by atoms with Gasteiger partial charge in [-0.3, -0.25) is 19.8 Å². The first-order valence-electron chi connectivity index (χ1n) is 8.75. The molecule has 0 saturated carbocycles. The predicted octanol–water partition coefficient (Wildman–Crippen LogP) is 4.21. The Bertz CT molecular complexity index is 954. The number of nitrogens with one attached hydrogen (secondary N) is 1. The fourth-order valence-corrected chi connectivity index (χ4v) is 3.01. The summed E-state index contributed by atoms with van der Waals surface area (Å²) in [7, 11) is 0. The van der Waals surface area contributed by atoms with Gasteiger partial charge in [0.2, 0.25) is 0 Å². The molecule has 2 aromatic rings. The average Bonchev–Trinajstić information content (AvgIpc) is 2.65. The smallest absolute Gasteiger partial charge is 0.270 e. The van der Waals surface area contributed by atoms with Gasteiger partial charge in [0, 0.05) is 5.02 Å². The second kappa shape index (κ2) is 8.54. The fraction of sp³-hybridized carbons (Fsp3) is 0.190. The van der Waals surface area contributed by atoms with E-state index in [0.717, 1.165) is 0 Å². The minimum Gasteiger partial charge on any atom is -0.493 e. The van der Waals surface area contributed by atoms with Gasteiger partial charge < -0.3 is 4.74 Å². The Morgan fingerprint density at radius 1 is 1.18 bits per heavy atom. The van der Waals surface area contributed by atoms with Crippen LogP contribution in [0.3, 0.4) is 0 Å². The molecule has 0 spiro atoms. The molecule has 0 atom stereocenters. The number of benzene rings is 2. The Morgan fingerprint density at radius 2 is 1.89 bits per heavy atom. The van der Waals surface area contributed by atoms with E-state index in [1.807, 2.05) is 12.1 Å². The SMILES string of the molecule is CC(C)COc1cccc(/C=C2/C(=O)NC(=S)N(c3ccc(Cl)cc3)C2=O)c1. The van der Waals surface area contributed by atoms with Crippen molar-refractivity contribution in [2.24, 2.45) is 5.92 Å². The van der Waals surface area contributed by atoms with Crippen LogP contribution in [0.25, 0.3) is 6.08 Å². The van der Waals surface area contributed by atoms with Crippen LogP contribution in [-0.2, 0) is 9.59 Å². The van der Waals surface area contributed by atoms with Gasteiger partial charge >= 0.3 is 0 Å². The van der Waals surface area contributed by atoms with Gasteiger partial charge in [0.15, 0.2) is 5.11 Å². The summed E-state index contributed by atoms with van der Waals surface area (Å²) < 4.78 is 5.71. The highest BCUT2D eigenvalue weighted by molar-refractivity contribution is 7.80. The lowest BCUT2D eigenvalue weighted by molar-refractivity contribution is -0.122. The molecule has 1 heterocycles. The molecule has 1 aliphatic rings. The summed E-state index contributed by atoms with van der Waals surface area (Å²) in [6, 6.07) is 13.9. The average molecular weight is 415 g/mol. The molecular weight excluding hydrogens is 396 g/mol. The summed E-state index contributed by atoms with van der Waals surface area (Å²) in [4.78, 5) is 26.6. The van der Waals surface area contributed by atoms with Gasteiger partial charge in [0.1, 0.15) is 11.3 Å². The summed E-state index contributed by atoms with van der Waals surface area (Å²) in [5, 5.41) is 3.13. The van der Waals surface area contributed by atoms with Crippen molar-refractivity contribution in [1.29, 1.82) is 0 Å². The maximum Gasteiger partial charge on any atom is 0.270 e. The lowest BCUT2D eigenvalue weighted by Crippen LogP contribution is -2.54. The Balaban J connectivity index is 1.91. The number of halogens is 1. The Hall–Kier alpha value is -2.70. The number of ether oxygens (including phenoxy) is 1. The molecule has 28 heavy (non-hydrogen) atoms. The van der Waals surface area contributed by atoms with Crippen molar-refractivity contribution in [1.82, 2.24) is 5.32 Å². The second-order valence-corrected chi connectivity index (χ2v) is 7.53. The number of carbonyl (C=O) groups is 2. The van der Waals surface area contributed by atoms with E-state index in [0.29, 0.717) is 34.5 Å². The number of amides is 2. The molecule has 144 valence electrons. The molecular formula is C21H19ClN2O3S. The van der Waals surface area contributed by atoms with E-state index >= 15 is 0 Å². The first-order chi connectivity index (χ1) is 13.3. The predicted molar refractivity (Wildman–Crippen MR) is 114 cm³/mol. The summed E-state index contributed by atoms with van der Waals surface area (Å²) in [6.07, 6.45) is 1.53. The van der Waals surface area contributed by atoms with Gasteiger partial charge in [-0.1, -0.05) is 37.6 Å². The Kier molecular flexibility index (Phi) is 6.11. The highest BCUT2D eigenvalue weighted by Gasteiger charge is 2.34. The highest BCUT2D eigenvalue weighted by atomic mass is 35.5. The lowest BCUT2D eigenvalue weighted by atomic mass is 10.1. The standard InChI is InChI=1S/C21H19ClN2O3S/c1-13(2)12-27-17-5-3-4-14(10-17)11-18-19(25)23-21(28)24(20(18)26)16-8-6-15(22)7-9-16/h3-11,13H,12H2,1-2H3,(H,23,25,28)/b18-11-. The molecule has 2 amide bonds. The molecule has 0 bridgehead atoms. The van der Waals surface area contributed by atoms with Crippen LogP contribution in [0.1, 0.15) is 19.4 Å². The molecule has 5 nitrogen and oxygen atoms in total. The van der Waals surface area contributed by atoms with Crippen molar-refractivity contribution < 1.29 is 14.3 Å². The van der Waals surface area contributed by atoms with E-state index in [1.165, 1.54) is 11.0 Å². The van der Waals surface area contributed by atoms with E-state index in [-0.39, 0.29) is 10.7 Å². The van der Waals surface area contributed by atoms with Crippen LogP contribution in [0.5, 0.6) is 5.75 Å². The highest BCUT2D eigenvalue weighted by Crippen LogP contribution is 2.24. The quantitative estimate of drug-likeness (QED) is 0.452. The van der Waals surface area contributed by atoms with Crippen molar-refractivity contribution in [3.8, 4) is 5.75 Å². The first kappa shape index (κ1) is 20.0. The normalized spacial score (nSPS) is 15.9. The molecule has 3 rings (SSSR count). The van der Waals surface area contributed by atoms with E-state index in [9.17, 15) is 9.59 Å². The molecule has 1 N–H and O–H groups in total. The monoisotopic (exact) mass is 414 g/mol. The van der Waals surface area contributed by atoms with Crippen LogP contribution in [0, 0.1) is 5.92 Å². The molecule has 0 unspecified atom stereocenters. The Labute approximate surface area is 173 Å². The summed E-state index contributed by atoms with van der Waals surface area (Å²) in [5.74, 6) is 0.0386. The van der Waals surface area contributed by atoms with Gasteiger partial charge in [-0.2, -0.15) is 0 Å². The minimum atomic E-state index is -0.534. The van der Waals surface area contributed by atoms with Crippen molar-refractivity contribution in [3.63, 3.8) is 0 Å². The van der Waals surface area contributed by atoms with Crippen LogP contribution in [-0.4, -0.2) is 23.5 Å². The third-order valence-electron chi connectivity index (χ3n) is 3.94. The van der Waals surface area contributed by atoms with E-state index in [1.54, 1.807) is 36.4 Å². The van der Waals surface area contributed by atoms with Gasteiger partial charge in [-0.25, -0.2) is 0 Å². The van der Waals surface area contributed by atoms with Crippen molar-refractivity contribution in [2.75, 3.05) is 11.5 Å². The molecule has 1 fully saturated rings. The number of hydrogen-bond donors (Lipinski definition) is 1. The number of carbonyl (C=O) groups excluding carboxylic acids is 2. The number of anilines is 1. The van der Waals surface area contributed by atoms with Gasteiger partial charge in [-0.05, 0) is 66.2 Å². The van der Waals surface area contributed by atoms with Crippen LogP contribution in [0.2, 0.25) is 5.02 Å². The lowest BCUT2D eigenvalue weighted by Gasteiger charge is -2.29. The minimum absolute atomic E-state index is 0.00967. The fourth-order valence-electron chi connectivity index (χ4n) is 2.61. The van der Waals surface area contributed by atoms with Crippen LogP contribution < -0.4 is 15.0 Å². The van der Waals surface area contributed by atoms with E-state index < -0.39 is 11.8 Å². The molecule has 0 radical (unpaired) electrons. The molecule has 7 heteroatoms. The molecule has 0 aliphatic carbocycles. The topological polar surface area (TPSA) is 58.6 Å². The van der Waals surface area contributed by atoms with E-state index in [2.05, 4.69) is 19.2 Å². The molecule has 1 saturated heterocycles.